The molecule has 0 spiro atoms. The van der Waals surface area contributed by atoms with Crippen LogP contribution in [0.4, 0.5) is 0 Å². The highest BCUT2D eigenvalue weighted by Crippen LogP contribution is 2.34. The molecule has 3 rings (SSSR count). The number of hydrogen-bond acceptors (Lipinski definition) is 3. The zero-order chi connectivity index (χ0) is 17.3. The van der Waals surface area contributed by atoms with Crippen molar-refractivity contribution in [1.29, 1.82) is 5.26 Å². The second-order valence-corrected chi connectivity index (χ2v) is 7.59. The standard InChI is InChI=1S/C17H10Cl2N2O2S/c18-13-6-7-15(16(19)10-13)17-12(11-20)8-9-21(17)24(22,23)14-4-2-1-3-5-14/h1-10H. The van der Waals surface area contributed by atoms with Gasteiger partial charge in [-0.2, -0.15) is 5.26 Å². The molecular formula is C17H10Cl2N2O2S. The second-order valence-electron chi connectivity index (χ2n) is 4.93. The molecule has 0 atom stereocenters. The van der Waals surface area contributed by atoms with Crippen LogP contribution in [-0.2, 0) is 10.0 Å². The molecule has 0 saturated carbocycles. The number of rotatable bonds is 3. The fraction of sp³-hybridized carbons (Fsp3) is 0. The van der Waals surface area contributed by atoms with Crippen LogP contribution in [0.5, 0.6) is 0 Å². The van der Waals surface area contributed by atoms with Gasteiger partial charge in [0.2, 0.25) is 0 Å². The van der Waals surface area contributed by atoms with Crippen molar-refractivity contribution >= 4 is 33.2 Å². The molecule has 1 heterocycles. The first-order valence-corrected chi connectivity index (χ1v) is 9.02. The summed E-state index contributed by atoms with van der Waals surface area (Å²) >= 11 is 12.1. The van der Waals surface area contributed by atoms with E-state index in [1.807, 2.05) is 6.07 Å². The molecule has 0 aliphatic rings. The van der Waals surface area contributed by atoms with E-state index in [-0.39, 0.29) is 21.2 Å². The normalized spacial score (nSPS) is 11.2. The Bertz CT molecular complexity index is 1050. The van der Waals surface area contributed by atoms with E-state index in [1.54, 1.807) is 30.3 Å². The number of nitrogens with zero attached hydrogens (tertiary/aromatic N) is 2. The second kappa shape index (κ2) is 6.33. The maximum Gasteiger partial charge on any atom is 0.268 e. The maximum absolute atomic E-state index is 12.9. The van der Waals surface area contributed by atoms with Crippen molar-refractivity contribution in [2.24, 2.45) is 0 Å². The van der Waals surface area contributed by atoms with Crippen LogP contribution in [-0.4, -0.2) is 12.4 Å². The number of aromatic nitrogens is 1. The van der Waals surface area contributed by atoms with Crippen molar-refractivity contribution < 1.29 is 8.42 Å². The van der Waals surface area contributed by atoms with Crippen molar-refractivity contribution in [3.8, 4) is 17.3 Å². The quantitative estimate of drug-likeness (QED) is 0.672. The monoisotopic (exact) mass is 376 g/mol. The van der Waals surface area contributed by atoms with Gasteiger partial charge in [-0.25, -0.2) is 12.4 Å². The molecule has 7 heteroatoms. The Morgan fingerprint density at radius 2 is 1.71 bits per heavy atom. The van der Waals surface area contributed by atoms with E-state index in [1.165, 1.54) is 30.5 Å². The van der Waals surface area contributed by atoms with Crippen molar-refractivity contribution in [2.75, 3.05) is 0 Å². The first kappa shape index (κ1) is 16.6. The minimum Gasteiger partial charge on any atom is -0.240 e. The number of halogens is 2. The molecule has 120 valence electrons. The Labute approximate surface area is 149 Å². The Morgan fingerprint density at radius 3 is 2.33 bits per heavy atom. The summed E-state index contributed by atoms with van der Waals surface area (Å²) in [5.74, 6) is 0. The third-order valence-corrected chi connectivity index (χ3v) is 5.70. The lowest BCUT2D eigenvalue weighted by atomic mass is 10.1. The summed E-state index contributed by atoms with van der Waals surface area (Å²) in [4.78, 5) is 0.122. The highest BCUT2D eigenvalue weighted by molar-refractivity contribution is 7.90. The Morgan fingerprint density at radius 1 is 1.00 bits per heavy atom. The highest BCUT2D eigenvalue weighted by atomic mass is 35.5. The van der Waals surface area contributed by atoms with Gasteiger partial charge >= 0.3 is 0 Å². The Kier molecular flexibility index (Phi) is 4.37. The van der Waals surface area contributed by atoms with Gasteiger partial charge in [0.05, 0.1) is 21.2 Å². The van der Waals surface area contributed by atoms with Crippen LogP contribution in [0.3, 0.4) is 0 Å². The summed E-state index contributed by atoms with van der Waals surface area (Å²) in [7, 11) is -3.86. The largest absolute Gasteiger partial charge is 0.268 e. The molecule has 0 bridgehead atoms. The average Bonchev–Trinajstić information content (AvgIpc) is 3.00. The molecule has 4 nitrogen and oxygen atoms in total. The molecule has 3 aromatic rings. The summed E-state index contributed by atoms with van der Waals surface area (Å²) in [6.45, 7) is 0. The molecular weight excluding hydrogens is 367 g/mol. The first-order chi connectivity index (χ1) is 11.4. The molecule has 1 aromatic heterocycles. The highest BCUT2D eigenvalue weighted by Gasteiger charge is 2.24. The Balaban J connectivity index is 2.29. The summed E-state index contributed by atoms with van der Waals surface area (Å²) in [6, 6.07) is 16.1. The summed E-state index contributed by atoms with van der Waals surface area (Å²) < 4.78 is 26.9. The third kappa shape index (κ3) is 2.80. The molecule has 0 aliphatic heterocycles. The lowest BCUT2D eigenvalue weighted by Crippen LogP contribution is -2.13. The van der Waals surface area contributed by atoms with Gasteiger partial charge < -0.3 is 0 Å². The summed E-state index contributed by atoms with van der Waals surface area (Å²) in [5, 5.41) is 10.0. The van der Waals surface area contributed by atoms with Crippen LogP contribution in [0, 0.1) is 11.3 Å². The van der Waals surface area contributed by atoms with Crippen molar-refractivity contribution in [3.05, 3.63) is 76.4 Å². The van der Waals surface area contributed by atoms with E-state index in [4.69, 9.17) is 23.2 Å². The van der Waals surface area contributed by atoms with Crippen LogP contribution in [0.15, 0.2) is 65.7 Å². The zero-order valence-electron chi connectivity index (χ0n) is 12.1. The van der Waals surface area contributed by atoms with Crippen LogP contribution in [0.1, 0.15) is 5.56 Å². The van der Waals surface area contributed by atoms with Crippen LogP contribution < -0.4 is 0 Å². The summed E-state index contributed by atoms with van der Waals surface area (Å²) in [5.41, 5.74) is 0.837. The van der Waals surface area contributed by atoms with Gasteiger partial charge in [0.1, 0.15) is 6.07 Å². The van der Waals surface area contributed by atoms with E-state index >= 15 is 0 Å². The first-order valence-electron chi connectivity index (χ1n) is 6.82. The number of nitriles is 1. The van der Waals surface area contributed by atoms with Crippen molar-refractivity contribution in [3.63, 3.8) is 0 Å². The topological polar surface area (TPSA) is 62.9 Å². The predicted molar refractivity (Wildman–Crippen MR) is 93.6 cm³/mol. The van der Waals surface area contributed by atoms with Crippen LogP contribution in [0.25, 0.3) is 11.3 Å². The molecule has 2 aromatic carbocycles. The molecule has 0 fully saturated rings. The van der Waals surface area contributed by atoms with Gasteiger partial charge in [-0.3, -0.25) is 0 Å². The number of hydrogen-bond donors (Lipinski definition) is 0. The summed E-state index contributed by atoms with van der Waals surface area (Å²) in [6.07, 6.45) is 1.35. The van der Waals surface area contributed by atoms with Crippen LogP contribution >= 0.6 is 23.2 Å². The predicted octanol–water partition coefficient (Wildman–Crippen LogP) is 4.57. The van der Waals surface area contributed by atoms with E-state index in [9.17, 15) is 13.7 Å². The lowest BCUT2D eigenvalue weighted by molar-refractivity contribution is 0.588. The molecule has 0 unspecified atom stereocenters. The molecule has 0 saturated heterocycles. The van der Waals surface area contributed by atoms with Gasteiger partial charge in [0.25, 0.3) is 10.0 Å². The molecule has 0 N–H and O–H groups in total. The fourth-order valence-corrected chi connectivity index (χ4v) is 4.24. The molecule has 24 heavy (non-hydrogen) atoms. The Hall–Kier alpha value is -2.26. The van der Waals surface area contributed by atoms with E-state index in [0.29, 0.717) is 10.6 Å². The van der Waals surface area contributed by atoms with Crippen molar-refractivity contribution in [1.82, 2.24) is 3.97 Å². The average molecular weight is 377 g/mol. The van der Waals surface area contributed by atoms with Gasteiger partial charge in [-0.1, -0.05) is 41.4 Å². The third-order valence-electron chi connectivity index (χ3n) is 3.46. The lowest BCUT2D eigenvalue weighted by Gasteiger charge is -2.12. The maximum atomic E-state index is 12.9. The molecule has 0 aliphatic carbocycles. The molecule has 0 radical (unpaired) electrons. The fourth-order valence-electron chi connectivity index (χ4n) is 2.36. The van der Waals surface area contributed by atoms with E-state index in [0.717, 1.165) is 3.97 Å². The van der Waals surface area contributed by atoms with Gasteiger partial charge in [-0.05, 0) is 36.4 Å². The van der Waals surface area contributed by atoms with Gasteiger partial charge in [0.15, 0.2) is 0 Å². The van der Waals surface area contributed by atoms with Crippen LogP contribution in [0.2, 0.25) is 10.0 Å². The minimum atomic E-state index is -3.86. The zero-order valence-corrected chi connectivity index (χ0v) is 14.5. The van der Waals surface area contributed by atoms with E-state index in [2.05, 4.69) is 0 Å². The minimum absolute atomic E-state index is 0.122. The molecule has 0 amide bonds. The van der Waals surface area contributed by atoms with E-state index < -0.39 is 10.0 Å². The van der Waals surface area contributed by atoms with Gasteiger partial charge in [0, 0.05) is 16.8 Å². The SMILES string of the molecule is N#Cc1ccn(S(=O)(=O)c2ccccc2)c1-c1ccc(Cl)cc1Cl. The van der Waals surface area contributed by atoms with Gasteiger partial charge in [-0.15, -0.1) is 0 Å². The number of benzene rings is 2. The van der Waals surface area contributed by atoms with Crippen molar-refractivity contribution in [2.45, 2.75) is 4.90 Å². The smallest absolute Gasteiger partial charge is 0.240 e.